The molecule has 1 aromatic carbocycles. The summed E-state index contributed by atoms with van der Waals surface area (Å²) in [5, 5.41) is 4.67. The second kappa shape index (κ2) is 5.54. The van der Waals surface area contributed by atoms with E-state index in [1.54, 1.807) is 13.2 Å². The number of anilines is 1. The molecule has 0 atom stereocenters. The first-order valence-corrected chi connectivity index (χ1v) is 6.97. The molecule has 0 fully saturated rings. The van der Waals surface area contributed by atoms with Gasteiger partial charge in [-0.15, -0.1) is 11.3 Å². The van der Waals surface area contributed by atoms with Gasteiger partial charge in [-0.25, -0.2) is 0 Å². The van der Waals surface area contributed by atoms with Crippen LogP contribution in [-0.2, 0) is 0 Å². The lowest BCUT2D eigenvalue weighted by molar-refractivity contribution is 0.102. The smallest absolute Gasteiger partial charge is 0.256 e. The van der Waals surface area contributed by atoms with Crippen LogP contribution in [0.2, 0.25) is 0 Å². The van der Waals surface area contributed by atoms with E-state index < -0.39 is 0 Å². The fraction of sp³-hybridized carbons (Fsp3) is 0.154. The SMILES string of the molecule is COc1ccc(NC(=O)c2csc(Br)c2)cc1C. The number of aryl methyl sites for hydroxylation is 1. The predicted octanol–water partition coefficient (Wildman–Crippen LogP) is 4.08. The summed E-state index contributed by atoms with van der Waals surface area (Å²) in [5.41, 5.74) is 2.41. The molecule has 0 aliphatic rings. The van der Waals surface area contributed by atoms with Crippen LogP contribution in [-0.4, -0.2) is 13.0 Å². The molecule has 2 aromatic rings. The zero-order valence-electron chi connectivity index (χ0n) is 9.99. The molecule has 0 unspecified atom stereocenters. The summed E-state index contributed by atoms with van der Waals surface area (Å²) in [6.07, 6.45) is 0. The molecule has 0 saturated heterocycles. The van der Waals surface area contributed by atoms with Crippen LogP contribution in [0, 0.1) is 6.92 Å². The third-order valence-electron chi connectivity index (χ3n) is 2.48. The van der Waals surface area contributed by atoms with Gasteiger partial charge in [0.25, 0.3) is 5.91 Å². The number of thiophene rings is 1. The number of amides is 1. The number of halogens is 1. The number of hydrogen-bond donors (Lipinski definition) is 1. The minimum absolute atomic E-state index is 0.110. The Labute approximate surface area is 118 Å². The van der Waals surface area contributed by atoms with Gasteiger partial charge >= 0.3 is 0 Å². The van der Waals surface area contributed by atoms with Gasteiger partial charge in [0, 0.05) is 11.1 Å². The van der Waals surface area contributed by atoms with Gasteiger partial charge in [0.05, 0.1) is 16.5 Å². The number of nitrogens with one attached hydrogen (secondary N) is 1. The second-order valence-electron chi connectivity index (χ2n) is 3.78. The maximum Gasteiger partial charge on any atom is 0.256 e. The van der Waals surface area contributed by atoms with Crippen molar-refractivity contribution in [2.75, 3.05) is 12.4 Å². The second-order valence-corrected chi connectivity index (χ2v) is 6.07. The molecule has 18 heavy (non-hydrogen) atoms. The Kier molecular flexibility index (Phi) is 4.04. The van der Waals surface area contributed by atoms with E-state index in [9.17, 15) is 4.79 Å². The number of hydrogen-bond acceptors (Lipinski definition) is 3. The number of rotatable bonds is 3. The minimum atomic E-state index is -0.110. The molecule has 1 N–H and O–H groups in total. The highest BCUT2D eigenvalue weighted by Gasteiger charge is 2.09. The highest BCUT2D eigenvalue weighted by Crippen LogP contribution is 2.24. The molecule has 0 saturated carbocycles. The molecule has 0 radical (unpaired) electrons. The first-order chi connectivity index (χ1) is 8.60. The van der Waals surface area contributed by atoms with E-state index in [0.717, 1.165) is 20.8 Å². The molecule has 2 rings (SSSR count). The van der Waals surface area contributed by atoms with Crippen LogP contribution in [0.1, 0.15) is 15.9 Å². The number of benzene rings is 1. The van der Waals surface area contributed by atoms with Crippen molar-refractivity contribution in [2.24, 2.45) is 0 Å². The van der Waals surface area contributed by atoms with Crippen molar-refractivity contribution in [3.63, 3.8) is 0 Å². The molecule has 0 bridgehead atoms. The fourth-order valence-corrected chi connectivity index (χ4v) is 2.73. The Morgan fingerprint density at radius 1 is 1.39 bits per heavy atom. The maximum atomic E-state index is 11.9. The Morgan fingerprint density at radius 3 is 2.72 bits per heavy atom. The van der Waals surface area contributed by atoms with E-state index in [1.165, 1.54) is 11.3 Å². The topological polar surface area (TPSA) is 38.3 Å². The van der Waals surface area contributed by atoms with Crippen LogP contribution in [0.25, 0.3) is 0 Å². The fourth-order valence-electron chi connectivity index (χ4n) is 1.59. The first-order valence-electron chi connectivity index (χ1n) is 5.30. The summed E-state index contributed by atoms with van der Waals surface area (Å²) >= 11 is 4.83. The maximum absolute atomic E-state index is 11.9. The van der Waals surface area contributed by atoms with Crippen molar-refractivity contribution in [3.8, 4) is 5.75 Å². The van der Waals surface area contributed by atoms with Gasteiger partial charge in [0.2, 0.25) is 0 Å². The van der Waals surface area contributed by atoms with Crippen LogP contribution in [0.3, 0.4) is 0 Å². The standard InChI is InChI=1S/C13H12BrNO2S/c1-8-5-10(3-4-11(8)17-2)15-13(16)9-6-12(14)18-7-9/h3-7H,1-2H3,(H,15,16). The van der Waals surface area contributed by atoms with Gasteiger partial charge in [0.1, 0.15) is 5.75 Å². The molecule has 3 nitrogen and oxygen atoms in total. The lowest BCUT2D eigenvalue weighted by atomic mass is 10.2. The average molecular weight is 326 g/mol. The minimum Gasteiger partial charge on any atom is -0.496 e. The molecule has 1 amide bonds. The van der Waals surface area contributed by atoms with Crippen molar-refractivity contribution in [2.45, 2.75) is 6.92 Å². The van der Waals surface area contributed by atoms with Crippen LogP contribution in [0.4, 0.5) is 5.69 Å². The molecule has 1 heterocycles. The van der Waals surface area contributed by atoms with Gasteiger partial charge in [-0.3, -0.25) is 4.79 Å². The van der Waals surface area contributed by atoms with Crippen molar-refractivity contribution < 1.29 is 9.53 Å². The zero-order valence-corrected chi connectivity index (χ0v) is 12.4. The Bertz CT molecular complexity index is 580. The summed E-state index contributed by atoms with van der Waals surface area (Å²) in [6.45, 7) is 1.94. The van der Waals surface area contributed by atoms with Crippen molar-refractivity contribution in [3.05, 3.63) is 44.6 Å². The number of carbonyl (C=O) groups is 1. The van der Waals surface area contributed by atoms with Crippen LogP contribution in [0.15, 0.2) is 33.4 Å². The molecule has 0 aliphatic carbocycles. The normalized spacial score (nSPS) is 10.2. The largest absolute Gasteiger partial charge is 0.496 e. The Balaban J connectivity index is 2.14. The lowest BCUT2D eigenvalue weighted by Crippen LogP contribution is -2.10. The van der Waals surface area contributed by atoms with Gasteiger partial charge in [-0.2, -0.15) is 0 Å². The van der Waals surface area contributed by atoms with Gasteiger partial charge in [-0.1, -0.05) is 0 Å². The van der Waals surface area contributed by atoms with E-state index in [2.05, 4.69) is 21.2 Å². The summed E-state index contributed by atoms with van der Waals surface area (Å²) in [7, 11) is 1.63. The summed E-state index contributed by atoms with van der Waals surface area (Å²) in [6, 6.07) is 7.36. The molecular weight excluding hydrogens is 314 g/mol. The highest BCUT2D eigenvalue weighted by molar-refractivity contribution is 9.11. The van der Waals surface area contributed by atoms with Crippen LogP contribution >= 0.6 is 27.3 Å². The highest BCUT2D eigenvalue weighted by atomic mass is 79.9. The quantitative estimate of drug-likeness (QED) is 0.923. The predicted molar refractivity (Wildman–Crippen MR) is 77.7 cm³/mol. The Morgan fingerprint density at radius 2 is 2.17 bits per heavy atom. The van der Waals surface area contributed by atoms with Gasteiger partial charge < -0.3 is 10.1 Å². The third-order valence-corrected chi connectivity index (χ3v) is 3.99. The van der Waals surface area contributed by atoms with E-state index in [0.29, 0.717) is 5.56 Å². The average Bonchev–Trinajstić information content (AvgIpc) is 2.76. The molecule has 0 aliphatic heterocycles. The van der Waals surface area contributed by atoms with Crippen LogP contribution < -0.4 is 10.1 Å². The van der Waals surface area contributed by atoms with Crippen molar-refractivity contribution in [1.82, 2.24) is 0 Å². The first kappa shape index (κ1) is 13.1. The number of methoxy groups -OCH3 is 1. The molecule has 5 heteroatoms. The lowest BCUT2D eigenvalue weighted by Gasteiger charge is -2.08. The zero-order chi connectivity index (χ0) is 13.1. The van der Waals surface area contributed by atoms with E-state index in [-0.39, 0.29) is 5.91 Å². The van der Waals surface area contributed by atoms with E-state index >= 15 is 0 Å². The van der Waals surface area contributed by atoms with Crippen molar-refractivity contribution in [1.29, 1.82) is 0 Å². The summed E-state index contributed by atoms with van der Waals surface area (Å²) in [5.74, 6) is 0.702. The summed E-state index contributed by atoms with van der Waals surface area (Å²) in [4.78, 5) is 11.9. The van der Waals surface area contributed by atoms with Crippen molar-refractivity contribution >= 4 is 38.9 Å². The van der Waals surface area contributed by atoms with E-state index in [4.69, 9.17) is 4.74 Å². The van der Waals surface area contributed by atoms with Gasteiger partial charge in [0.15, 0.2) is 0 Å². The monoisotopic (exact) mass is 325 g/mol. The third kappa shape index (κ3) is 2.91. The van der Waals surface area contributed by atoms with Gasteiger partial charge in [-0.05, 0) is 52.7 Å². The molecule has 1 aromatic heterocycles. The number of carbonyl (C=O) groups excluding carboxylic acids is 1. The van der Waals surface area contributed by atoms with E-state index in [1.807, 2.05) is 30.5 Å². The molecule has 94 valence electrons. The molecule has 0 spiro atoms. The van der Waals surface area contributed by atoms with Crippen LogP contribution in [0.5, 0.6) is 5.75 Å². The molecular formula is C13H12BrNO2S. The number of ether oxygens (including phenoxy) is 1. The Hall–Kier alpha value is -1.33. The summed E-state index contributed by atoms with van der Waals surface area (Å²) < 4.78 is 6.12.